The Kier molecular flexibility index (Phi) is 4.20. The lowest BCUT2D eigenvalue weighted by atomic mass is 9.92. The maximum Gasteiger partial charge on any atom is 0.225 e. The molecule has 1 N–H and O–H groups in total. The van der Waals surface area contributed by atoms with Gasteiger partial charge in [0.2, 0.25) is 5.91 Å². The molecule has 1 aromatic heterocycles. The number of carbonyl (C=O) groups excluding carboxylic acids is 1. The summed E-state index contributed by atoms with van der Waals surface area (Å²) in [5, 5.41) is 3.17. The molecule has 1 fully saturated rings. The molecular formula is C15H23N3O. The van der Waals surface area contributed by atoms with Crippen molar-refractivity contribution in [2.24, 2.45) is 5.92 Å². The Labute approximate surface area is 115 Å². The van der Waals surface area contributed by atoms with Gasteiger partial charge in [0.15, 0.2) is 0 Å². The smallest absolute Gasteiger partial charge is 0.225 e. The predicted octanol–water partition coefficient (Wildman–Crippen LogP) is 1.77. The first-order valence-corrected chi connectivity index (χ1v) is 6.90. The maximum absolute atomic E-state index is 12.4. The molecule has 1 aliphatic heterocycles. The van der Waals surface area contributed by atoms with E-state index in [2.05, 4.69) is 22.2 Å². The van der Waals surface area contributed by atoms with Crippen LogP contribution in [0.5, 0.6) is 0 Å². The highest BCUT2D eigenvalue weighted by molar-refractivity contribution is 5.79. The van der Waals surface area contributed by atoms with Crippen LogP contribution >= 0.6 is 0 Å². The molecule has 0 aliphatic carbocycles. The molecule has 0 unspecified atom stereocenters. The van der Waals surface area contributed by atoms with Gasteiger partial charge in [0.1, 0.15) is 0 Å². The molecule has 19 heavy (non-hydrogen) atoms. The molecule has 1 aromatic rings. The van der Waals surface area contributed by atoms with Crippen LogP contribution in [0.25, 0.3) is 0 Å². The van der Waals surface area contributed by atoms with Crippen LogP contribution in [-0.4, -0.2) is 35.9 Å². The average Bonchev–Trinajstić information content (AvgIpc) is 2.39. The quantitative estimate of drug-likeness (QED) is 0.902. The third-order valence-corrected chi connectivity index (χ3v) is 3.83. The van der Waals surface area contributed by atoms with E-state index in [9.17, 15) is 4.79 Å². The normalized spacial score (nSPS) is 21.1. The van der Waals surface area contributed by atoms with Crippen LogP contribution in [0.4, 0.5) is 0 Å². The number of nitrogens with zero attached hydrogens (tertiary/aromatic N) is 2. The second-order valence-electron chi connectivity index (χ2n) is 5.95. The van der Waals surface area contributed by atoms with Crippen molar-refractivity contribution in [1.82, 2.24) is 15.2 Å². The van der Waals surface area contributed by atoms with Gasteiger partial charge < -0.3 is 10.2 Å². The van der Waals surface area contributed by atoms with E-state index in [0.29, 0.717) is 0 Å². The summed E-state index contributed by atoms with van der Waals surface area (Å²) in [6.07, 6.45) is 5.61. The van der Waals surface area contributed by atoms with Crippen molar-refractivity contribution in [3.8, 4) is 0 Å². The Morgan fingerprint density at radius 1 is 1.42 bits per heavy atom. The van der Waals surface area contributed by atoms with Crippen LogP contribution in [0.15, 0.2) is 24.5 Å². The number of piperidine rings is 1. The van der Waals surface area contributed by atoms with Crippen LogP contribution in [0.3, 0.4) is 0 Å². The lowest BCUT2D eigenvalue weighted by molar-refractivity contribution is -0.128. The van der Waals surface area contributed by atoms with E-state index >= 15 is 0 Å². The molecular weight excluding hydrogens is 238 g/mol. The lowest BCUT2D eigenvalue weighted by Crippen LogP contribution is -2.48. The molecule has 1 amide bonds. The molecule has 0 radical (unpaired) electrons. The SMILES string of the molecule is CN1CCC[C@H](C(=O)NC(C)(C)c2ccncc2)C1. The predicted molar refractivity (Wildman–Crippen MR) is 75.6 cm³/mol. The first-order chi connectivity index (χ1) is 8.99. The van der Waals surface area contributed by atoms with E-state index in [1.807, 2.05) is 26.0 Å². The zero-order valence-corrected chi connectivity index (χ0v) is 12.0. The van der Waals surface area contributed by atoms with Gasteiger partial charge in [0.25, 0.3) is 0 Å². The molecule has 4 nitrogen and oxygen atoms in total. The van der Waals surface area contributed by atoms with E-state index in [0.717, 1.165) is 31.5 Å². The van der Waals surface area contributed by atoms with Crippen LogP contribution < -0.4 is 5.32 Å². The topological polar surface area (TPSA) is 45.2 Å². The number of aromatic nitrogens is 1. The molecule has 1 saturated heterocycles. The van der Waals surface area contributed by atoms with Gasteiger partial charge in [-0.15, -0.1) is 0 Å². The Morgan fingerprint density at radius 2 is 2.11 bits per heavy atom. The fraction of sp³-hybridized carbons (Fsp3) is 0.600. The van der Waals surface area contributed by atoms with Gasteiger partial charge in [-0.1, -0.05) is 0 Å². The third kappa shape index (κ3) is 3.53. The maximum atomic E-state index is 12.4. The van der Waals surface area contributed by atoms with Gasteiger partial charge >= 0.3 is 0 Å². The van der Waals surface area contributed by atoms with Crippen molar-refractivity contribution in [1.29, 1.82) is 0 Å². The monoisotopic (exact) mass is 261 g/mol. The van der Waals surface area contributed by atoms with Crippen molar-refractivity contribution >= 4 is 5.91 Å². The summed E-state index contributed by atoms with van der Waals surface area (Å²) in [6.45, 7) is 6.02. The number of hydrogen-bond donors (Lipinski definition) is 1. The molecule has 2 heterocycles. The number of amides is 1. The van der Waals surface area contributed by atoms with Crippen LogP contribution in [0, 0.1) is 5.92 Å². The highest BCUT2D eigenvalue weighted by Crippen LogP contribution is 2.22. The highest BCUT2D eigenvalue weighted by Gasteiger charge is 2.29. The number of hydrogen-bond acceptors (Lipinski definition) is 3. The standard InChI is InChI=1S/C15H23N3O/c1-15(2,13-6-8-16-9-7-13)17-14(19)12-5-4-10-18(3)11-12/h6-9,12H,4-5,10-11H2,1-3H3,(H,17,19)/t12-/m0/s1. The van der Waals surface area contributed by atoms with E-state index < -0.39 is 0 Å². The molecule has 0 saturated carbocycles. The third-order valence-electron chi connectivity index (χ3n) is 3.83. The largest absolute Gasteiger partial charge is 0.347 e. The minimum Gasteiger partial charge on any atom is -0.347 e. The summed E-state index contributed by atoms with van der Waals surface area (Å²) in [4.78, 5) is 18.6. The first kappa shape index (κ1) is 14.0. The molecule has 4 heteroatoms. The Bertz CT molecular complexity index is 430. The number of pyridine rings is 1. The summed E-state index contributed by atoms with van der Waals surface area (Å²) in [6, 6.07) is 3.90. The molecule has 1 atom stereocenters. The molecule has 0 bridgehead atoms. The fourth-order valence-corrected chi connectivity index (χ4v) is 2.63. The fourth-order valence-electron chi connectivity index (χ4n) is 2.63. The Hall–Kier alpha value is -1.42. The van der Waals surface area contributed by atoms with E-state index in [-0.39, 0.29) is 17.4 Å². The van der Waals surface area contributed by atoms with Crippen molar-refractivity contribution in [2.75, 3.05) is 20.1 Å². The average molecular weight is 261 g/mol. The van der Waals surface area contributed by atoms with Gasteiger partial charge in [-0.05, 0) is 58.0 Å². The van der Waals surface area contributed by atoms with Crippen molar-refractivity contribution in [3.63, 3.8) is 0 Å². The van der Waals surface area contributed by atoms with E-state index in [1.165, 1.54) is 0 Å². The Balaban J connectivity index is 2.01. The summed E-state index contributed by atoms with van der Waals surface area (Å²) in [5.41, 5.74) is 0.732. The second-order valence-corrected chi connectivity index (χ2v) is 5.95. The number of carbonyl (C=O) groups is 1. The van der Waals surface area contributed by atoms with Gasteiger partial charge in [-0.3, -0.25) is 9.78 Å². The zero-order chi connectivity index (χ0) is 13.9. The van der Waals surface area contributed by atoms with Crippen molar-refractivity contribution in [2.45, 2.75) is 32.2 Å². The van der Waals surface area contributed by atoms with Crippen molar-refractivity contribution in [3.05, 3.63) is 30.1 Å². The Morgan fingerprint density at radius 3 is 2.74 bits per heavy atom. The molecule has 0 aromatic carbocycles. The molecule has 0 spiro atoms. The summed E-state index contributed by atoms with van der Waals surface area (Å²) in [5.74, 6) is 0.272. The number of likely N-dealkylation sites (tertiary alicyclic amines) is 1. The van der Waals surface area contributed by atoms with Crippen LogP contribution in [0.2, 0.25) is 0 Å². The van der Waals surface area contributed by atoms with Crippen LogP contribution in [0.1, 0.15) is 32.3 Å². The summed E-state index contributed by atoms with van der Waals surface area (Å²) in [7, 11) is 2.08. The van der Waals surface area contributed by atoms with Gasteiger partial charge in [-0.2, -0.15) is 0 Å². The molecule has 1 aliphatic rings. The number of nitrogens with one attached hydrogen (secondary N) is 1. The summed E-state index contributed by atoms with van der Waals surface area (Å²) >= 11 is 0. The van der Waals surface area contributed by atoms with E-state index in [4.69, 9.17) is 0 Å². The van der Waals surface area contributed by atoms with Gasteiger partial charge in [0, 0.05) is 18.9 Å². The minimum atomic E-state index is -0.351. The second kappa shape index (κ2) is 5.70. The van der Waals surface area contributed by atoms with Gasteiger partial charge in [0.05, 0.1) is 11.5 Å². The van der Waals surface area contributed by atoms with Crippen LogP contribution in [-0.2, 0) is 10.3 Å². The zero-order valence-electron chi connectivity index (χ0n) is 12.0. The van der Waals surface area contributed by atoms with Gasteiger partial charge in [-0.25, -0.2) is 0 Å². The molecule has 2 rings (SSSR count). The summed E-state index contributed by atoms with van der Waals surface area (Å²) < 4.78 is 0. The number of rotatable bonds is 3. The molecule has 104 valence electrons. The lowest BCUT2D eigenvalue weighted by Gasteiger charge is -2.33. The minimum absolute atomic E-state index is 0.111. The first-order valence-electron chi connectivity index (χ1n) is 6.90. The highest BCUT2D eigenvalue weighted by atomic mass is 16.2. The van der Waals surface area contributed by atoms with Crippen molar-refractivity contribution < 1.29 is 4.79 Å². The van der Waals surface area contributed by atoms with E-state index in [1.54, 1.807) is 12.4 Å².